The van der Waals surface area contributed by atoms with Gasteiger partial charge in [0.15, 0.2) is 5.78 Å². The number of hydrogen-bond acceptors (Lipinski definition) is 3. The lowest BCUT2D eigenvalue weighted by Gasteiger charge is -2.53. The molecule has 8 atom stereocenters. The Morgan fingerprint density at radius 3 is 2.62 bits per heavy atom. The number of rotatable bonds is 4. The molecule has 0 aromatic heterocycles. The van der Waals surface area contributed by atoms with E-state index in [0.29, 0.717) is 47.7 Å². The summed E-state index contributed by atoms with van der Waals surface area (Å²) < 4.78 is 12.2. The first-order chi connectivity index (χ1) is 11.5. The van der Waals surface area contributed by atoms with Crippen molar-refractivity contribution in [3.05, 3.63) is 11.6 Å². The fourth-order valence-corrected chi connectivity index (χ4v) is 6.01. The summed E-state index contributed by atoms with van der Waals surface area (Å²) in [7, 11) is 1.85. The maximum Gasteiger partial charge on any atom is 0.158 e. The highest BCUT2D eigenvalue weighted by Gasteiger charge is 2.57. The monoisotopic (exact) mass is 334 g/mol. The zero-order valence-electron chi connectivity index (χ0n) is 16.0. The maximum atomic E-state index is 12.7. The number of hydrogen-bond donors (Lipinski definition) is 0. The molecule has 24 heavy (non-hydrogen) atoms. The standard InChI is InChI=1S/C21H34O3/c1-6-12(2)17(22)10-16-18-13(3)8-7-9-15(18)20(23-5)21-19(16)14(4)11-24-21/h6,13-16,18-21H,7-11H2,1-5H3/b12-6-/t13-,14?,15?,16?,18?,19?,20?,21?/m0/s1. The van der Waals surface area contributed by atoms with Gasteiger partial charge in [0.05, 0.1) is 18.8 Å². The van der Waals surface area contributed by atoms with Crippen molar-refractivity contribution in [2.45, 2.75) is 65.6 Å². The Labute approximate surface area is 147 Å². The summed E-state index contributed by atoms with van der Waals surface area (Å²) in [5.41, 5.74) is 0.909. The van der Waals surface area contributed by atoms with E-state index < -0.39 is 0 Å². The van der Waals surface area contributed by atoms with E-state index in [2.05, 4.69) is 13.8 Å². The van der Waals surface area contributed by atoms with Gasteiger partial charge in [-0.05, 0) is 61.3 Å². The highest BCUT2D eigenvalue weighted by molar-refractivity contribution is 5.94. The molecule has 3 heteroatoms. The van der Waals surface area contributed by atoms with Crippen LogP contribution in [0.3, 0.4) is 0 Å². The minimum Gasteiger partial charge on any atom is -0.378 e. The summed E-state index contributed by atoms with van der Waals surface area (Å²) in [6, 6.07) is 0. The third-order valence-corrected chi connectivity index (χ3v) is 7.24. The Morgan fingerprint density at radius 2 is 1.96 bits per heavy atom. The minimum atomic E-state index is 0.181. The molecule has 0 bridgehead atoms. The number of carbonyl (C=O) groups is 1. The number of fused-ring (bicyclic) bond motifs is 2. The number of ether oxygens (including phenoxy) is 2. The Balaban J connectivity index is 1.94. The Kier molecular flexibility index (Phi) is 5.51. The summed E-state index contributed by atoms with van der Waals surface area (Å²) >= 11 is 0. The van der Waals surface area contributed by atoms with E-state index in [1.807, 2.05) is 27.0 Å². The second kappa shape index (κ2) is 7.29. The molecule has 1 saturated heterocycles. The molecular weight excluding hydrogens is 300 g/mol. The highest BCUT2D eigenvalue weighted by Crippen LogP contribution is 2.55. The Bertz CT molecular complexity index is 497. The molecule has 2 saturated carbocycles. The van der Waals surface area contributed by atoms with E-state index in [0.717, 1.165) is 12.2 Å². The van der Waals surface area contributed by atoms with Crippen LogP contribution in [0.2, 0.25) is 0 Å². The maximum absolute atomic E-state index is 12.7. The van der Waals surface area contributed by atoms with Gasteiger partial charge in [-0.3, -0.25) is 4.79 Å². The van der Waals surface area contributed by atoms with Crippen LogP contribution in [-0.4, -0.2) is 31.7 Å². The Morgan fingerprint density at radius 1 is 1.21 bits per heavy atom. The number of ketones is 1. The van der Waals surface area contributed by atoms with Gasteiger partial charge in [-0.1, -0.05) is 32.8 Å². The molecule has 3 rings (SSSR count). The quantitative estimate of drug-likeness (QED) is 0.721. The van der Waals surface area contributed by atoms with Crippen LogP contribution in [0.4, 0.5) is 0 Å². The fourth-order valence-electron chi connectivity index (χ4n) is 6.01. The van der Waals surface area contributed by atoms with Crippen LogP contribution in [0.5, 0.6) is 0 Å². The Hall–Kier alpha value is -0.670. The lowest BCUT2D eigenvalue weighted by molar-refractivity contribution is -0.156. The largest absolute Gasteiger partial charge is 0.378 e. The molecule has 1 aliphatic heterocycles. The number of allylic oxidation sites excluding steroid dienone is 2. The predicted octanol–water partition coefficient (Wildman–Crippen LogP) is 4.26. The number of carbonyl (C=O) groups excluding carboxylic acids is 1. The molecular formula is C21H34O3. The van der Waals surface area contributed by atoms with Crippen LogP contribution >= 0.6 is 0 Å². The first-order valence-corrected chi connectivity index (χ1v) is 9.80. The fraction of sp³-hybridized carbons (Fsp3) is 0.857. The van der Waals surface area contributed by atoms with Gasteiger partial charge in [0, 0.05) is 13.5 Å². The topological polar surface area (TPSA) is 35.5 Å². The summed E-state index contributed by atoms with van der Waals surface area (Å²) in [4.78, 5) is 12.7. The average Bonchev–Trinajstić information content (AvgIpc) is 2.95. The highest BCUT2D eigenvalue weighted by atomic mass is 16.5. The zero-order valence-corrected chi connectivity index (χ0v) is 16.0. The van der Waals surface area contributed by atoms with Gasteiger partial charge in [-0.2, -0.15) is 0 Å². The summed E-state index contributed by atoms with van der Waals surface area (Å²) in [6.07, 6.45) is 6.83. The van der Waals surface area contributed by atoms with Crippen molar-refractivity contribution < 1.29 is 14.3 Å². The van der Waals surface area contributed by atoms with Crippen LogP contribution in [0.1, 0.15) is 53.4 Å². The van der Waals surface area contributed by atoms with Crippen LogP contribution in [0.15, 0.2) is 11.6 Å². The van der Waals surface area contributed by atoms with Gasteiger partial charge in [0.2, 0.25) is 0 Å². The third-order valence-electron chi connectivity index (χ3n) is 7.24. The minimum absolute atomic E-state index is 0.181. The van der Waals surface area contributed by atoms with Crippen LogP contribution in [-0.2, 0) is 14.3 Å². The summed E-state index contributed by atoms with van der Waals surface area (Å²) in [5.74, 6) is 3.58. The lowest BCUT2D eigenvalue weighted by Crippen LogP contribution is -2.56. The molecule has 7 unspecified atom stereocenters. The van der Waals surface area contributed by atoms with Crippen LogP contribution < -0.4 is 0 Å². The molecule has 0 radical (unpaired) electrons. The number of Topliss-reactive ketones (excluding diaryl/α,β-unsaturated/α-hetero) is 1. The van der Waals surface area contributed by atoms with Crippen LogP contribution in [0, 0.1) is 35.5 Å². The van der Waals surface area contributed by atoms with Gasteiger partial charge < -0.3 is 9.47 Å². The van der Waals surface area contributed by atoms with E-state index in [1.165, 1.54) is 19.3 Å². The van der Waals surface area contributed by atoms with E-state index in [4.69, 9.17) is 9.47 Å². The summed E-state index contributed by atoms with van der Waals surface area (Å²) in [5, 5.41) is 0. The van der Waals surface area contributed by atoms with E-state index >= 15 is 0 Å². The van der Waals surface area contributed by atoms with E-state index in [9.17, 15) is 4.79 Å². The summed E-state index contributed by atoms with van der Waals surface area (Å²) in [6.45, 7) is 9.42. The first-order valence-electron chi connectivity index (χ1n) is 9.80. The van der Waals surface area contributed by atoms with E-state index in [1.54, 1.807) is 0 Å². The van der Waals surface area contributed by atoms with Crippen molar-refractivity contribution in [2.24, 2.45) is 35.5 Å². The van der Waals surface area contributed by atoms with Crippen molar-refractivity contribution in [1.82, 2.24) is 0 Å². The second-order valence-corrected chi connectivity index (χ2v) is 8.47. The van der Waals surface area contributed by atoms with Crippen molar-refractivity contribution in [2.75, 3.05) is 13.7 Å². The second-order valence-electron chi connectivity index (χ2n) is 8.47. The normalized spacial score (nSPS) is 45.6. The average molecular weight is 335 g/mol. The molecule has 3 nitrogen and oxygen atoms in total. The van der Waals surface area contributed by atoms with Crippen molar-refractivity contribution >= 4 is 5.78 Å². The van der Waals surface area contributed by atoms with Gasteiger partial charge in [0.25, 0.3) is 0 Å². The molecule has 0 spiro atoms. The van der Waals surface area contributed by atoms with Gasteiger partial charge in [-0.25, -0.2) is 0 Å². The third kappa shape index (κ3) is 2.99. The van der Waals surface area contributed by atoms with Crippen molar-refractivity contribution in [3.63, 3.8) is 0 Å². The SMILES string of the molecule is C/C=C(/C)C(=O)CC1C2C(C)COC2C(OC)C2CCC[C@H](C)C21. The predicted molar refractivity (Wildman–Crippen MR) is 95.7 cm³/mol. The van der Waals surface area contributed by atoms with Gasteiger partial charge >= 0.3 is 0 Å². The van der Waals surface area contributed by atoms with Crippen molar-refractivity contribution in [3.8, 4) is 0 Å². The molecule has 3 fully saturated rings. The van der Waals surface area contributed by atoms with Gasteiger partial charge in [0.1, 0.15) is 0 Å². The first kappa shape index (κ1) is 18.1. The molecule has 3 aliphatic rings. The smallest absolute Gasteiger partial charge is 0.158 e. The van der Waals surface area contributed by atoms with Crippen molar-refractivity contribution in [1.29, 1.82) is 0 Å². The van der Waals surface area contributed by atoms with Crippen LogP contribution in [0.25, 0.3) is 0 Å². The molecule has 0 aromatic rings. The zero-order chi connectivity index (χ0) is 17.4. The number of methoxy groups -OCH3 is 1. The van der Waals surface area contributed by atoms with E-state index in [-0.39, 0.29) is 12.2 Å². The molecule has 0 N–H and O–H groups in total. The molecule has 0 aromatic carbocycles. The molecule has 2 aliphatic carbocycles. The van der Waals surface area contributed by atoms with Gasteiger partial charge in [-0.15, -0.1) is 0 Å². The molecule has 136 valence electrons. The molecule has 0 amide bonds. The lowest BCUT2D eigenvalue weighted by atomic mass is 9.54. The molecule has 1 heterocycles.